The fraction of sp³-hybridized carbons (Fsp3) is 0.495. The molecule has 0 aromatic heterocycles. The molecule has 99 heavy (non-hydrogen) atoms. The zero-order valence-corrected chi connectivity index (χ0v) is 82.2. The SMILES string of the molecule is CC.CC.CC.CC.CC.CC.CC.CC.CC(C)(C)c1c[c-]c(-c2[c-]cccc2C(C)(C)C)cc1.CC(C)(C)c1cc[c-]c(-c2[c-]ccc(C(C)(C)C)c2)c1.CC(C)(C)c1cc[c-]c(-c2[c-]cccc2C(C)(C)C)c1.CC1(C)CC(C)(C)c2ccc[c-]c2-c2[c-]cccc21.[Y].[Y].[Y].[Y]. The molecule has 0 atom stereocenters. The van der Waals surface area contributed by atoms with Gasteiger partial charge < -0.3 is 0 Å². The molecule has 540 valence electrons. The molecule has 4 radical (unpaired) electrons. The van der Waals surface area contributed by atoms with Crippen LogP contribution >= 0.6 is 0 Å². The van der Waals surface area contributed by atoms with Gasteiger partial charge in [0.15, 0.2) is 0 Å². The van der Waals surface area contributed by atoms with Gasteiger partial charge in [-0.15, -0.1) is 64.7 Å². The van der Waals surface area contributed by atoms with Crippen LogP contribution in [0.15, 0.2) is 146 Å². The van der Waals surface area contributed by atoms with Crippen molar-refractivity contribution in [3.05, 3.63) is 239 Å². The van der Waals surface area contributed by atoms with Gasteiger partial charge in [-0.3, -0.25) is 0 Å². The average Bonchev–Trinajstić information content (AvgIpc) is 1.62. The molecule has 0 heterocycles. The van der Waals surface area contributed by atoms with Crippen LogP contribution in [0.4, 0.5) is 0 Å². The quantitative estimate of drug-likeness (QED) is 0.155. The first kappa shape index (κ1) is 111. The van der Waals surface area contributed by atoms with E-state index >= 15 is 0 Å². The van der Waals surface area contributed by atoms with Gasteiger partial charge in [0.05, 0.1) is 0 Å². The molecule has 0 fully saturated rings. The Hall–Kier alpha value is -1.82. The largest absolute Gasteiger partial charge is 0.226 e. The van der Waals surface area contributed by atoms with Crippen LogP contribution in [0.1, 0.15) is 314 Å². The molecule has 0 unspecified atom stereocenters. The average molecular weight is 1640 g/mol. The van der Waals surface area contributed by atoms with Gasteiger partial charge in [0.2, 0.25) is 0 Å². The molecule has 1 aliphatic carbocycles. The molecule has 8 aromatic carbocycles. The van der Waals surface area contributed by atoms with E-state index in [1.54, 1.807) is 0 Å². The summed E-state index contributed by atoms with van der Waals surface area (Å²) < 4.78 is 0. The molecule has 0 aliphatic heterocycles. The van der Waals surface area contributed by atoms with E-state index < -0.39 is 0 Å². The fourth-order valence-corrected chi connectivity index (χ4v) is 10.6. The summed E-state index contributed by atoms with van der Waals surface area (Å²) in [6.45, 7) is 81.6. The molecular weight excluding hydrogens is 1500 g/mol. The van der Waals surface area contributed by atoms with Gasteiger partial charge in [-0.2, -0.15) is 174 Å². The van der Waals surface area contributed by atoms with Gasteiger partial charge in [-0.1, -0.05) is 291 Å². The summed E-state index contributed by atoms with van der Waals surface area (Å²) in [5.74, 6) is 0. The number of benzene rings is 8. The first-order valence-corrected chi connectivity index (χ1v) is 36.6. The van der Waals surface area contributed by atoms with E-state index in [-0.39, 0.29) is 174 Å². The number of hydrogen-bond acceptors (Lipinski definition) is 0. The Kier molecular flexibility index (Phi) is 60.1. The molecule has 0 spiro atoms. The molecule has 9 rings (SSSR count). The maximum Gasteiger partial charge on any atom is 0 e. The predicted octanol–water partition coefficient (Wildman–Crippen LogP) is 29.8. The fourth-order valence-electron chi connectivity index (χ4n) is 10.6. The normalized spacial score (nSPS) is 11.7. The Labute approximate surface area is 718 Å². The van der Waals surface area contributed by atoms with Gasteiger partial charge >= 0.3 is 0 Å². The summed E-state index contributed by atoms with van der Waals surface area (Å²) >= 11 is 0. The molecule has 0 saturated carbocycles. The maximum atomic E-state index is 3.45. The summed E-state index contributed by atoms with van der Waals surface area (Å²) in [4.78, 5) is 0. The minimum atomic E-state index is 0. The van der Waals surface area contributed by atoms with Crippen LogP contribution < -0.4 is 0 Å². The Balaban J connectivity index is -0.000000210. The predicted molar refractivity (Wildman–Crippen MR) is 432 cm³/mol. The van der Waals surface area contributed by atoms with Crippen LogP contribution in [-0.2, 0) is 174 Å². The van der Waals surface area contributed by atoms with Crippen molar-refractivity contribution >= 4 is 0 Å². The third kappa shape index (κ3) is 36.8. The summed E-state index contributed by atoms with van der Waals surface area (Å²) in [6, 6.07) is 78.1. The zero-order chi connectivity index (χ0) is 74.6. The number of hydrogen-bond donors (Lipinski definition) is 0. The molecule has 4 heteroatoms. The van der Waals surface area contributed by atoms with E-state index in [2.05, 4.69) is 304 Å². The topological polar surface area (TPSA) is 0 Å². The van der Waals surface area contributed by atoms with Crippen molar-refractivity contribution < 1.29 is 131 Å². The minimum absolute atomic E-state index is 0. The van der Waals surface area contributed by atoms with Crippen LogP contribution in [0.5, 0.6) is 0 Å². The third-order valence-corrected chi connectivity index (χ3v) is 15.1. The molecule has 0 amide bonds. The van der Waals surface area contributed by atoms with Crippen molar-refractivity contribution in [2.75, 3.05) is 0 Å². The molecular formula is C95H140Y4-8. The standard InChI is InChI=1S/3C20H24.C19H20.8C2H6.4Y/c1-19(2,3)17-11-7-9-15(13-17)16-10-8-12-18(14-16)20(4,5)6;1-19(2,3)16-11-9-10-15(14-16)17-12-7-8-13-18(17)20(4,5)6;1-19(2,3)16-13-11-15(12-14-16)17-9-7-8-10-18(17)20(4,5)6;1-18(2)13-19(3,4)17-12-8-6-10-15(17)14-9-5-7-11-16(14)18;8*1-2;;;;/h7-8,11-14H,1-6H3;7-9,11,13-14H,1-6H3;7-8,10-11,13-14H,1-6H3;5-8,11-12H,13H2,1-4H3;8*1-2H3;;;;/q4*-2;;;;;;;;;;;;. The smallest absolute Gasteiger partial charge is 0 e. The summed E-state index contributed by atoms with van der Waals surface area (Å²) in [6.07, 6.45) is 1.13. The van der Waals surface area contributed by atoms with Crippen LogP contribution in [0.2, 0.25) is 0 Å². The summed E-state index contributed by atoms with van der Waals surface area (Å²) in [5.41, 5.74) is 21.2. The van der Waals surface area contributed by atoms with Crippen molar-refractivity contribution in [1.29, 1.82) is 0 Å². The van der Waals surface area contributed by atoms with Gasteiger partial charge in [0.25, 0.3) is 0 Å². The first-order valence-electron chi connectivity index (χ1n) is 36.6. The van der Waals surface area contributed by atoms with Gasteiger partial charge in [-0.05, 0) is 21.7 Å². The molecule has 0 saturated heterocycles. The van der Waals surface area contributed by atoms with Crippen molar-refractivity contribution in [3.63, 3.8) is 0 Å². The molecule has 8 aromatic rings. The van der Waals surface area contributed by atoms with E-state index in [9.17, 15) is 0 Å². The van der Waals surface area contributed by atoms with Crippen LogP contribution in [-0.4, -0.2) is 0 Å². The maximum absolute atomic E-state index is 3.45. The Bertz CT molecular complexity index is 3180. The summed E-state index contributed by atoms with van der Waals surface area (Å²) in [5, 5.41) is 0. The molecule has 0 N–H and O–H groups in total. The van der Waals surface area contributed by atoms with E-state index in [0.717, 1.165) is 28.7 Å². The zero-order valence-electron chi connectivity index (χ0n) is 70.9. The van der Waals surface area contributed by atoms with E-state index in [1.807, 2.05) is 153 Å². The minimum Gasteiger partial charge on any atom is -0.226 e. The molecule has 1 aliphatic rings. The van der Waals surface area contributed by atoms with Crippen molar-refractivity contribution in [2.24, 2.45) is 0 Å². The third-order valence-electron chi connectivity index (χ3n) is 15.1. The van der Waals surface area contributed by atoms with E-state index in [0.29, 0.717) is 0 Å². The second-order valence-electron chi connectivity index (χ2n) is 29.2. The number of fused-ring (bicyclic) bond motifs is 3. The van der Waals surface area contributed by atoms with E-state index in [4.69, 9.17) is 0 Å². The van der Waals surface area contributed by atoms with Gasteiger partial charge in [-0.25, -0.2) is 44.5 Å². The van der Waals surface area contributed by atoms with Crippen molar-refractivity contribution in [3.8, 4) is 44.5 Å². The second kappa shape index (κ2) is 53.9. The summed E-state index contributed by atoms with van der Waals surface area (Å²) in [7, 11) is 0. The Morgan fingerprint density at radius 2 is 0.515 bits per heavy atom. The Morgan fingerprint density at radius 1 is 0.253 bits per heavy atom. The van der Waals surface area contributed by atoms with Gasteiger partial charge in [0.1, 0.15) is 0 Å². The Morgan fingerprint density at radius 3 is 0.788 bits per heavy atom. The van der Waals surface area contributed by atoms with Crippen LogP contribution in [0.25, 0.3) is 44.5 Å². The van der Waals surface area contributed by atoms with Crippen LogP contribution in [0.3, 0.4) is 0 Å². The molecule has 0 nitrogen and oxygen atoms in total. The second-order valence-corrected chi connectivity index (χ2v) is 29.2. The van der Waals surface area contributed by atoms with E-state index in [1.165, 1.54) is 66.8 Å². The van der Waals surface area contributed by atoms with Gasteiger partial charge in [0, 0.05) is 131 Å². The van der Waals surface area contributed by atoms with Crippen LogP contribution in [0, 0.1) is 48.5 Å². The van der Waals surface area contributed by atoms with Crippen molar-refractivity contribution in [2.45, 2.75) is 313 Å². The monoisotopic (exact) mass is 1640 g/mol. The van der Waals surface area contributed by atoms with Crippen molar-refractivity contribution in [1.82, 2.24) is 0 Å². The molecule has 0 bridgehead atoms. The number of rotatable bonds is 3. The first-order chi connectivity index (χ1) is 44.5.